The van der Waals surface area contributed by atoms with Gasteiger partial charge in [0.2, 0.25) is 5.91 Å². The summed E-state index contributed by atoms with van der Waals surface area (Å²) in [6, 6.07) is 14.9. The van der Waals surface area contributed by atoms with Crippen LogP contribution in [0.1, 0.15) is 27.4 Å². The summed E-state index contributed by atoms with van der Waals surface area (Å²) < 4.78 is 11.6. The fourth-order valence-corrected chi connectivity index (χ4v) is 5.21. The smallest absolute Gasteiger partial charge is 0.276 e. The van der Waals surface area contributed by atoms with Gasteiger partial charge in [0.25, 0.3) is 5.91 Å². The van der Waals surface area contributed by atoms with E-state index >= 15 is 0 Å². The Kier molecular flexibility index (Phi) is 7.81. The summed E-state index contributed by atoms with van der Waals surface area (Å²) in [5, 5.41) is 3.66. The molecule has 4 rings (SSSR count). The SMILES string of the molecule is O=C(NOCc1ccc(F)cc1)c1cc(NC(=O)C2C(c3cc(Cl)cc(Cl)c3)C2(Cl)Cl)ccc1Cl. The second-order valence-electron chi connectivity index (χ2n) is 7.86. The Hall–Kier alpha value is -2.06. The van der Waals surface area contributed by atoms with Gasteiger partial charge in [-0.1, -0.05) is 46.9 Å². The standard InChI is InChI=1S/C24H16Cl5FN2O3/c25-14-7-13(8-15(26)9-14)20-21(24(20,28)29)23(34)31-17-5-6-19(27)18(10-17)22(33)32-35-11-12-1-3-16(30)4-2-12/h1-10,20-21H,11H2,(H,31,34)(H,32,33). The Bertz CT molecular complexity index is 1270. The molecule has 2 unspecified atom stereocenters. The van der Waals surface area contributed by atoms with Gasteiger partial charge in [0, 0.05) is 21.7 Å². The van der Waals surface area contributed by atoms with Crippen molar-refractivity contribution in [3.63, 3.8) is 0 Å². The van der Waals surface area contributed by atoms with Crippen molar-refractivity contribution in [1.29, 1.82) is 0 Å². The number of nitrogens with one attached hydrogen (secondary N) is 2. The quantitative estimate of drug-likeness (QED) is 0.231. The zero-order valence-corrected chi connectivity index (χ0v) is 21.4. The Morgan fingerprint density at radius 1 is 0.943 bits per heavy atom. The Labute approximate surface area is 225 Å². The van der Waals surface area contributed by atoms with Crippen LogP contribution in [0, 0.1) is 11.7 Å². The van der Waals surface area contributed by atoms with Crippen molar-refractivity contribution >= 4 is 75.5 Å². The number of hydroxylamine groups is 1. The van der Waals surface area contributed by atoms with E-state index in [1.165, 1.54) is 42.5 Å². The summed E-state index contributed by atoms with van der Waals surface area (Å²) in [6.45, 7) is 0.0180. The molecular weight excluding hydrogens is 561 g/mol. The van der Waals surface area contributed by atoms with Crippen molar-refractivity contribution in [2.75, 3.05) is 5.32 Å². The van der Waals surface area contributed by atoms with E-state index in [0.717, 1.165) is 0 Å². The number of hydrogen-bond donors (Lipinski definition) is 2. The number of amides is 2. The average Bonchev–Trinajstić information content (AvgIpc) is 3.37. The highest BCUT2D eigenvalue weighted by Crippen LogP contribution is 2.65. The molecule has 0 aliphatic heterocycles. The van der Waals surface area contributed by atoms with Gasteiger partial charge in [-0.2, -0.15) is 0 Å². The van der Waals surface area contributed by atoms with Gasteiger partial charge in [-0.15, -0.1) is 23.2 Å². The fraction of sp³-hybridized carbons (Fsp3) is 0.167. The Morgan fingerprint density at radius 3 is 2.26 bits per heavy atom. The minimum atomic E-state index is -1.35. The molecule has 2 amide bonds. The molecule has 35 heavy (non-hydrogen) atoms. The van der Waals surface area contributed by atoms with Crippen LogP contribution in [0.15, 0.2) is 60.7 Å². The number of halogens is 6. The normalized spacial score (nSPS) is 18.1. The van der Waals surface area contributed by atoms with Crippen molar-refractivity contribution in [2.45, 2.75) is 16.9 Å². The molecule has 0 heterocycles. The highest BCUT2D eigenvalue weighted by Gasteiger charge is 2.67. The first-order valence-corrected chi connectivity index (χ1v) is 12.1. The zero-order valence-electron chi connectivity index (χ0n) is 17.6. The second-order valence-corrected chi connectivity index (χ2v) is 10.6. The lowest BCUT2D eigenvalue weighted by molar-refractivity contribution is -0.117. The zero-order chi connectivity index (χ0) is 25.3. The summed E-state index contributed by atoms with van der Waals surface area (Å²) in [4.78, 5) is 30.7. The topological polar surface area (TPSA) is 67.4 Å². The number of hydrogen-bond acceptors (Lipinski definition) is 3. The number of benzene rings is 3. The number of carbonyl (C=O) groups excluding carboxylic acids is 2. The number of rotatable bonds is 7. The van der Waals surface area contributed by atoms with Gasteiger partial charge in [-0.25, -0.2) is 9.87 Å². The largest absolute Gasteiger partial charge is 0.326 e. The second kappa shape index (κ2) is 10.5. The average molecular weight is 577 g/mol. The van der Waals surface area contributed by atoms with E-state index in [0.29, 0.717) is 26.9 Å². The number of carbonyl (C=O) groups is 2. The molecule has 0 radical (unpaired) electrons. The van der Waals surface area contributed by atoms with Crippen molar-refractivity contribution in [3.8, 4) is 0 Å². The maximum Gasteiger partial charge on any atom is 0.276 e. The molecule has 3 aromatic carbocycles. The third kappa shape index (κ3) is 6.02. The molecule has 2 atom stereocenters. The van der Waals surface area contributed by atoms with Gasteiger partial charge < -0.3 is 5.32 Å². The summed E-state index contributed by atoms with van der Waals surface area (Å²) in [7, 11) is 0. The lowest BCUT2D eigenvalue weighted by atomic mass is 10.1. The van der Waals surface area contributed by atoms with Crippen LogP contribution < -0.4 is 10.8 Å². The van der Waals surface area contributed by atoms with Crippen LogP contribution in [-0.2, 0) is 16.2 Å². The monoisotopic (exact) mass is 574 g/mol. The number of alkyl halides is 2. The van der Waals surface area contributed by atoms with Gasteiger partial charge >= 0.3 is 0 Å². The van der Waals surface area contributed by atoms with Crippen molar-refractivity contribution in [3.05, 3.63) is 98.2 Å². The minimum absolute atomic E-state index is 0.0180. The summed E-state index contributed by atoms with van der Waals surface area (Å²) in [5.74, 6) is -2.74. The first kappa shape index (κ1) is 26.0. The van der Waals surface area contributed by atoms with Crippen LogP contribution in [0.2, 0.25) is 15.1 Å². The van der Waals surface area contributed by atoms with E-state index in [-0.39, 0.29) is 23.0 Å². The van der Waals surface area contributed by atoms with Crippen LogP contribution in [0.5, 0.6) is 0 Å². The molecule has 0 spiro atoms. The molecular formula is C24H16Cl5FN2O3. The third-order valence-electron chi connectivity index (χ3n) is 5.38. The molecule has 1 saturated carbocycles. The maximum absolute atomic E-state index is 13.0. The van der Waals surface area contributed by atoms with Gasteiger partial charge in [0.05, 0.1) is 23.1 Å². The summed E-state index contributed by atoms with van der Waals surface area (Å²) in [6.07, 6.45) is 0. The molecule has 1 fully saturated rings. The molecule has 3 aromatic rings. The van der Waals surface area contributed by atoms with Crippen LogP contribution in [-0.4, -0.2) is 16.1 Å². The summed E-state index contributed by atoms with van der Waals surface area (Å²) >= 11 is 31.1. The highest BCUT2D eigenvalue weighted by atomic mass is 35.5. The molecule has 0 bridgehead atoms. The Morgan fingerprint density at radius 2 is 1.60 bits per heavy atom. The van der Waals surface area contributed by atoms with E-state index in [4.69, 9.17) is 62.8 Å². The lowest BCUT2D eigenvalue weighted by Crippen LogP contribution is -2.24. The van der Waals surface area contributed by atoms with E-state index in [1.807, 2.05) is 0 Å². The van der Waals surface area contributed by atoms with Crippen LogP contribution in [0.3, 0.4) is 0 Å². The molecule has 5 nitrogen and oxygen atoms in total. The van der Waals surface area contributed by atoms with Gasteiger partial charge in [0.15, 0.2) is 0 Å². The first-order chi connectivity index (χ1) is 16.6. The number of anilines is 1. The molecule has 0 aromatic heterocycles. The van der Waals surface area contributed by atoms with Crippen molar-refractivity contribution < 1.29 is 18.8 Å². The van der Waals surface area contributed by atoms with E-state index in [9.17, 15) is 14.0 Å². The molecule has 1 aliphatic carbocycles. The fourth-order valence-electron chi connectivity index (χ4n) is 3.64. The predicted octanol–water partition coefficient (Wildman–Crippen LogP) is 7.17. The highest BCUT2D eigenvalue weighted by molar-refractivity contribution is 6.53. The molecule has 0 saturated heterocycles. The maximum atomic E-state index is 13.0. The minimum Gasteiger partial charge on any atom is -0.326 e. The van der Waals surface area contributed by atoms with Crippen LogP contribution in [0.4, 0.5) is 10.1 Å². The summed E-state index contributed by atoms with van der Waals surface area (Å²) in [5.41, 5.74) is 3.95. The lowest BCUT2D eigenvalue weighted by Gasteiger charge is -2.10. The third-order valence-corrected chi connectivity index (χ3v) is 7.08. The van der Waals surface area contributed by atoms with Gasteiger partial charge in [-0.3, -0.25) is 14.4 Å². The van der Waals surface area contributed by atoms with Gasteiger partial charge in [0.1, 0.15) is 10.2 Å². The van der Waals surface area contributed by atoms with E-state index < -0.39 is 28.0 Å². The van der Waals surface area contributed by atoms with E-state index in [1.54, 1.807) is 18.2 Å². The molecule has 2 N–H and O–H groups in total. The molecule has 182 valence electrons. The Balaban J connectivity index is 1.41. The molecule has 1 aliphatic rings. The van der Waals surface area contributed by atoms with Crippen LogP contribution >= 0.6 is 58.0 Å². The van der Waals surface area contributed by atoms with Crippen LogP contribution in [0.25, 0.3) is 0 Å². The first-order valence-electron chi connectivity index (χ1n) is 10.2. The van der Waals surface area contributed by atoms with E-state index in [2.05, 4.69) is 10.8 Å². The van der Waals surface area contributed by atoms with Crippen molar-refractivity contribution in [1.82, 2.24) is 5.48 Å². The van der Waals surface area contributed by atoms with Crippen molar-refractivity contribution in [2.24, 2.45) is 5.92 Å². The van der Waals surface area contributed by atoms with Gasteiger partial charge in [-0.05, 0) is 59.7 Å². The molecule has 11 heteroatoms. The predicted molar refractivity (Wildman–Crippen MR) is 136 cm³/mol.